The monoisotopic (exact) mass is 229 g/mol. The molecule has 1 fully saturated rings. The Bertz CT molecular complexity index is 262. The zero-order valence-corrected chi connectivity index (χ0v) is 9.54. The lowest BCUT2D eigenvalue weighted by molar-refractivity contribution is -0.129. The van der Waals surface area contributed by atoms with E-state index in [1.54, 1.807) is 0 Å². The fourth-order valence-corrected chi connectivity index (χ4v) is 1.63. The van der Waals surface area contributed by atoms with Crippen LogP contribution in [-0.4, -0.2) is 44.7 Å². The molecule has 2 amide bonds. The van der Waals surface area contributed by atoms with Gasteiger partial charge in [0, 0.05) is 13.1 Å². The van der Waals surface area contributed by atoms with Crippen molar-refractivity contribution in [3.63, 3.8) is 0 Å². The molecule has 0 aromatic rings. The predicted molar refractivity (Wildman–Crippen MR) is 58.6 cm³/mol. The van der Waals surface area contributed by atoms with Crippen LogP contribution in [0.5, 0.6) is 0 Å². The third-order valence-electron chi connectivity index (χ3n) is 2.69. The Kier molecular flexibility index (Phi) is 4.70. The van der Waals surface area contributed by atoms with E-state index in [-0.39, 0.29) is 17.9 Å². The molecule has 1 saturated heterocycles. The molecule has 1 heterocycles. The SMILES string of the molecule is CC1(C(=O)NCCOCC(N)=O)CCNC1. The summed E-state index contributed by atoms with van der Waals surface area (Å²) >= 11 is 0. The van der Waals surface area contributed by atoms with Crippen LogP contribution in [0.4, 0.5) is 0 Å². The quantitative estimate of drug-likeness (QED) is 0.488. The lowest BCUT2D eigenvalue weighted by atomic mass is 9.89. The third kappa shape index (κ3) is 3.79. The number of hydrogen-bond acceptors (Lipinski definition) is 4. The summed E-state index contributed by atoms with van der Waals surface area (Å²) in [6, 6.07) is 0. The molecule has 0 aliphatic carbocycles. The van der Waals surface area contributed by atoms with Gasteiger partial charge in [-0.25, -0.2) is 0 Å². The van der Waals surface area contributed by atoms with Crippen LogP contribution in [-0.2, 0) is 14.3 Å². The highest BCUT2D eigenvalue weighted by Crippen LogP contribution is 2.24. The maximum atomic E-state index is 11.8. The summed E-state index contributed by atoms with van der Waals surface area (Å²) in [4.78, 5) is 22.1. The predicted octanol–water partition coefficient (Wildman–Crippen LogP) is -1.40. The molecule has 4 N–H and O–H groups in total. The molecule has 1 aliphatic heterocycles. The van der Waals surface area contributed by atoms with Gasteiger partial charge in [-0.1, -0.05) is 0 Å². The van der Waals surface area contributed by atoms with Gasteiger partial charge in [-0.15, -0.1) is 0 Å². The number of carbonyl (C=O) groups is 2. The molecule has 0 aromatic heterocycles. The van der Waals surface area contributed by atoms with Crippen LogP contribution in [0.1, 0.15) is 13.3 Å². The molecule has 0 saturated carbocycles. The van der Waals surface area contributed by atoms with Crippen molar-refractivity contribution in [3.05, 3.63) is 0 Å². The summed E-state index contributed by atoms with van der Waals surface area (Å²) in [6.45, 7) is 4.13. The maximum absolute atomic E-state index is 11.8. The minimum absolute atomic E-state index is 0.0279. The first kappa shape index (κ1) is 12.9. The Hall–Kier alpha value is -1.14. The van der Waals surface area contributed by atoms with Gasteiger partial charge < -0.3 is 21.1 Å². The van der Waals surface area contributed by atoms with Gasteiger partial charge >= 0.3 is 0 Å². The summed E-state index contributed by atoms with van der Waals surface area (Å²) < 4.78 is 4.94. The first-order valence-corrected chi connectivity index (χ1v) is 5.40. The van der Waals surface area contributed by atoms with Crippen molar-refractivity contribution >= 4 is 11.8 Å². The lowest BCUT2D eigenvalue weighted by Crippen LogP contribution is -2.41. The molecule has 92 valence electrons. The van der Waals surface area contributed by atoms with Crippen LogP contribution < -0.4 is 16.4 Å². The third-order valence-corrected chi connectivity index (χ3v) is 2.69. The van der Waals surface area contributed by atoms with Crippen molar-refractivity contribution in [2.75, 3.05) is 32.8 Å². The van der Waals surface area contributed by atoms with E-state index in [2.05, 4.69) is 10.6 Å². The van der Waals surface area contributed by atoms with Gasteiger partial charge in [-0.2, -0.15) is 0 Å². The Balaban J connectivity index is 2.13. The van der Waals surface area contributed by atoms with E-state index >= 15 is 0 Å². The Morgan fingerprint density at radius 3 is 2.88 bits per heavy atom. The van der Waals surface area contributed by atoms with Crippen molar-refractivity contribution in [2.45, 2.75) is 13.3 Å². The van der Waals surface area contributed by atoms with Crippen LogP contribution in [0.25, 0.3) is 0 Å². The fraction of sp³-hybridized carbons (Fsp3) is 0.800. The summed E-state index contributed by atoms with van der Waals surface area (Å²) in [5.74, 6) is -0.474. The van der Waals surface area contributed by atoms with Crippen molar-refractivity contribution in [2.24, 2.45) is 11.1 Å². The minimum atomic E-state index is -0.502. The number of amides is 2. The first-order chi connectivity index (χ1) is 7.54. The van der Waals surface area contributed by atoms with Gasteiger partial charge in [0.25, 0.3) is 0 Å². The van der Waals surface area contributed by atoms with E-state index in [0.29, 0.717) is 19.7 Å². The molecular formula is C10H19N3O3. The zero-order valence-electron chi connectivity index (χ0n) is 9.54. The van der Waals surface area contributed by atoms with Gasteiger partial charge in [0.1, 0.15) is 6.61 Å². The van der Waals surface area contributed by atoms with E-state index in [4.69, 9.17) is 10.5 Å². The molecule has 1 atom stereocenters. The zero-order chi connectivity index (χ0) is 12.0. The second kappa shape index (κ2) is 5.81. The highest BCUT2D eigenvalue weighted by atomic mass is 16.5. The van der Waals surface area contributed by atoms with Crippen LogP contribution in [0.2, 0.25) is 0 Å². The number of nitrogens with one attached hydrogen (secondary N) is 2. The van der Waals surface area contributed by atoms with E-state index in [9.17, 15) is 9.59 Å². The minimum Gasteiger partial charge on any atom is -0.370 e. The molecule has 6 nitrogen and oxygen atoms in total. The van der Waals surface area contributed by atoms with Crippen LogP contribution in [0.3, 0.4) is 0 Å². The van der Waals surface area contributed by atoms with Gasteiger partial charge in [0.2, 0.25) is 11.8 Å². The number of ether oxygens (including phenoxy) is 1. The first-order valence-electron chi connectivity index (χ1n) is 5.40. The number of carbonyl (C=O) groups excluding carboxylic acids is 2. The van der Waals surface area contributed by atoms with Crippen LogP contribution in [0, 0.1) is 5.41 Å². The van der Waals surface area contributed by atoms with Gasteiger partial charge in [0.15, 0.2) is 0 Å². The number of rotatable bonds is 6. The van der Waals surface area contributed by atoms with Gasteiger partial charge in [-0.05, 0) is 19.9 Å². The smallest absolute Gasteiger partial charge is 0.243 e. The highest BCUT2D eigenvalue weighted by Gasteiger charge is 2.35. The summed E-state index contributed by atoms with van der Waals surface area (Å²) in [5.41, 5.74) is 4.58. The van der Waals surface area contributed by atoms with Crippen molar-refractivity contribution in [3.8, 4) is 0 Å². The van der Waals surface area contributed by atoms with Crippen molar-refractivity contribution in [1.29, 1.82) is 0 Å². The molecule has 1 unspecified atom stereocenters. The molecule has 0 spiro atoms. The van der Waals surface area contributed by atoms with E-state index < -0.39 is 5.91 Å². The molecule has 6 heteroatoms. The fourth-order valence-electron chi connectivity index (χ4n) is 1.63. The molecule has 16 heavy (non-hydrogen) atoms. The highest BCUT2D eigenvalue weighted by molar-refractivity contribution is 5.82. The Labute approximate surface area is 94.9 Å². The molecular weight excluding hydrogens is 210 g/mol. The second-order valence-corrected chi connectivity index (χ2v) is 4.26. The van der Waals surface area contributed by atoms with Crippen molar-refractivity contribution in [1.82, 2.24) is 10.6 Å². The normalized spacial score (nSPS) is 24.3. The largest absolute Gasteiger partial charge is 0.370 e. The van der Waals surface area contributed by atoms with Crippen molar-refractivity contribution < 1.29 is 14.3 Å². The average molecular weight is 229 g/mol. The number of hydrogen-bond donors (Lipinski definition) is 3. The average Bonchev–Trinajstić information content (AvgIpc) is 2.65. The molecule has 0 radical (unpaired) electrons. The standard InChI is InChI=1S/C10H19N3O3/c1-10(2-3-12-7-10)9(15)13-4-5-16-6-8(11)14/h12H,2-7H2,1H3,(H2,11,14)(H,13,15). The summed E-state index contributed by atoms with van der Waals surface area (Å²) in [5, 5.41) is 5.94. The number of primary amides is 1. The van der Waals surface area contributed by atoms with E-state index in [1.165, 1.54) is 0 Å². The maximum Gasteiger partial charge on any atom is 0.243 e. The van der Waals surface area contributed by atoms with Gasteiger partial charge in [-0.3, -0.25) is 9.59 Å². The lowest BCUT2D eigenvalue weighted by Gasteiger charge is -2.21. The molecule has 1 aliphatic rings. The van der Waals surface area contributed by atoms with Gasteiger partial charge in [0.05, 0.1) is 12.0 Å². The van der Waals surface area contributed by atoms with E-state index in [1.807, 2.05) is 6.92 Å². The van der Waals surface area contributed by atoms with E-state index in [0.717, 1.165) is 13.0 Å². The number of nitrogens with two attached hydrogens (primary N) is 1. The molecule has 1 rings (SSSR count). The van der Waals surface area contributed by atoms with Crippen LogP contribution in [0.15, 0.2) is 0 Å². The summed E-state index contributed by atoms with van der Waals surface area (Å²) in [6.07, 6.45) is 0.848. The Morgan fingerprint density at radius 1 is 1.56 bits per heavy atom. The molecule has 0 bridgehead atoms. The van der Waals surface area contributed by atoms with Crippen LogP contribution >= 0.6 is 0 Å². The Morgan fingerprint density at radius 2 is 2.31 bits per heavy atom. The summed E-state index contributed by atoms with van der Waals surface area (Å²) in [7, 11) is 0. The second-order valence-electron chi connectivity index (χ2n) is 4.26. The topological polar surface area (TPSA) is 93.4 Å². The molecule has 0 aromatic carbocycles.